The Balaban J connectivity index is 0.776. The molecule has 17 heteroatoms. The Morgan fingerprint density at radius 1 is 1.02 bits per heavy atom. The minimum Gasteiger partial charge on any atom is -0.480 e. The number of hydrogen-bond acceptors (Lipinski definition) is 13. The molecule has 328 valence electrons. The fourth-order valence-electron chi connectivity index (χ4n) is 9.65. The minimum absolute atomic E-state index is 0.0770. The van der Waals surface area contributed by atoms with Gasteiger partial charge in [0.25, 0.3) is 11.5 Å². The average Bonchev–Trinajstić information content (AvgIpc) is 3.57. The van der Waals surface area contributed by atoms with E-state index in [0.717, 1.165) is 98.4 Å². The summed E-state index contributed by atoms with van der Waals surface area (Å²) in [4.78, 5) is 68.5. The number of ether oxygens (including phenoxy) is 2. The quantitative estimate of drug-likeness (QED) is 0.174. The fourth-order valence-corrected chi connectivity index (χ4v) is 9.79. The number of nitrogens with zero attached hydrogens (tertiary/aromatic N) is 7. The van der Waals surface area contributed by atoms with Crippen molar-refractivity contribution in [1.29, 1.82) is 0 Å². The van der Waals surface area contributed by atoms with Gasteiger partial charge in [-0.15, -0.1) is 0 Å². The lowest BCUT2D eigenvalue weighted by atomic mass is 9.87. The van der Waals surface area contributed by atoms with Gasteiger partial charge in [0.2, 0.25) is 11.9 Å². The normalized spacial score (nSPS) is 23.4. The van der Waals surface area contributed by atoms with E-state index in [-0.39, 0.29) is 53.8 Å². The van der Waals surface area contributed by atoms with E-state index in [4.69, 9.17) is 26.1 Å². The predicted octanol–water partition coefficient (Wildman–Crippen LogP) is 4.98. The number of benzene rings is 2. The van der Waals surface area contributed by atoms with Crippen LogP contribution in [0.2, 0.25) is 5.02 Å². The number of carbonyl (C=O) groups is 3. The molecule has 4 fully saturated rings. The minimum atomic E-state index is -1.06. The van der Waals surface area contributed by atoms with E-state index in [1.807, 2.05) is 50.2 Å². The van der Waals surface area contributed by atoms with E-state index >= 15 is 0 Å². The van der Waals surface area contributed by atoms with Gasteiger partial charge in [-0.25, -0.2) is 4.98 Å². The van der Waals surface area contributed by atoms with Crippen LogP contribution in [0, 0.1) is 0 Å². The van der Waals surface area contributed by atoms with E-state index in [1.54, 1.807) is 21.7 Å². The molecule has 16 nitrogen and oxygen atoms in total. The maximum atomic E-state index is 13.8. The molecule has 2 unspecified atom stereocenters. The number of carbonyl (C=O) groups excluding carboxylic acids is 3. The maximum Gasteiger partial charge on any atom is 0.293 e. The summed E-state index contributed by atoms with van der Waals surface area (Å²) in [5.74, 6) is 0.740. The molecule has 2 aromatic carbocycles. The summed E-state index contributed by atoms with van der Waals surface area (Å²) in [5.41, 5.74) is 3.81. The zero-order chi connectivity index (χ0) is 43.2. The number of pyridine rings is 1. The second-order valence-corrected chi connectivity index (χ2v) is 17.9. The molecule has 3 saturated heterocycles. The lowest BCUT2D eigenvalue weighted by Gasteiger charge is -2.48. The van der Waals surface area contributed by atoms with Crippen LogP contribution in [0.25, 0.3) is 10.9 Å². The number of fused-ring (bicyclic) bond motifs is 2. The number of aliphatic hydroxyl groups is 1. The number of Topliss-reactive ketones (excluding diaryl/α,β-unsaturated/α-hetero) is 1. The molecule has 5 aliphatic rings. The predicted molar refractivity (Wildman–Crippen MR) is 235 cm³/mol. The van der Waals surface area contributed by atoms with Crippen LogP contribution in [0.15, 0.2) is 53.5 Å². The summed E-state index contributed by atoms with van der Waals surface area (Å²) >= 11 is 6.60. The molecular weight excluding hydrogens is 814 g/mol. The number of amides is 2. The van der Waals surface area contributed by atoms with Crippen molar-refractivity contribution in [1.82, 2.24) is 29.7 Å². The molecule has 0 spiro atoms. The van der Waals surface area contributed by atoms with Gasteiger partial charge in [-0.05, 0) is 95.2 Å². The van der Waals surface area contributed by atoms with Crippen LogP contribution >= 0.6 is 11.6 Å². The number of piperidine rings is 2. The van der Waals surface area contributed by atoms with Crippen molar-refractivity contribution in [2.75, 3.05) is 54.6 Å². The second kappa shape index (κ2) is 17.5. The first-order chi connectivity index (χ1) is 29.9. The Labute approximate surface area is 365 Å². The topological polar surface area (TPSA) is 175 Å². The lowest BCUT2D eigenvalue weighted by molar-refractivity contribution is -0.129. The Hall–Kier alpha value is -5.29. The van der Waals surface area contributed by atoms with E-state index in [9.17, 15) is 24.3 Å². The molecular formula is C45H54ClN9O7. The van der Waals surface area contributed by atoms with Gasteiger partial charge in [0.15, 0.2) is 17.4 Å². The Morgan fingerprint density at radius 2 is 1.82 bits per heavy atom. The fraction of sp³-hybridized carbons (Fsp3) is 0.511. The van der Waals surface area contributed by atoms with Gasteiger partial charge in [0.05, 0.1) is 47.9 Å². The molecule has 0 radical (unpaired) electrons. The zero-order valence-electron chi connectivity index (χ0n) is 35.4. The highest BCUT2D eigenvalue weighted by molar-refractivity contribution is 6.33. The third kappa shape index (κ3) is 8.44. The molecule has 2 atom stereocenters. The Morgan fingerprint density at radius 3 is 2.58 bits per heavy atom. The van der Waals surface area contributed by atoms with Crippen molar-refractivity contribution in [2.45, 2.75) is 109 Å². The second-order valence-electron chi connectivity index (χ2n) is 17.5. The van der Waals surface area contributed by atoms with Crippen molar-refractivity contribution in [3.8, 4) is 5.75 Å². The van der Waals surface area contributed by atoms with Crippen LogP contribution in [0.4, 0.5) is 23.1 Å². The van der Waals surface area contributed by atoms with E-state index in [0.29, 0.717) is 42.2 Å². The molecule has 62 heavy (non-hydrogen) atoms. The van der Waals surface area contributed by atoms with Crippen molar-refractivity contribution in [3.63, 3.8) is 0 Å². The molecule has 2 amide bonds. The number of hydrogen-bond donors (Lipinski definition) is 3. The number of ketones is 1. The van der Waals surface area contributed by atoms with Crippen LogP contribution in [0.3, 0.4) is 0 Å². The van der Waals surface area contributed by atoms with Crippen LogP contribution in [-0.2, 0) is 20.9 Å². The van der Waals surface area contributed by atoms with Crippen LogP contribution in [-0.4, -0.2) is 117 Å². The summed E-state index contributed by atoms with van der Waals surface area (Å²) in [6.07, 6.45) is 6.33. The van der Waals surface area contributed by atoms with Gasteiger partial charge in [-0.3, -0.25) is 24.1 Å². The lowest BCUT2D eigenvalue weighted by Crippen LogP contribution is -2.56. The summed E-state index contributed by atoms with van der Waals surface area (Å²) in [6, 6.07) is 13.2. The summed E-state index contributed by atoms with van der Waals surface area (Å²) < 4.78 is 13.9. The molecule has 4 aliphatic heterocycles. The molecule has 2 aromatic heterocycles. The van der Waals surface area contributed by atoms with Crippen LogP contribution < -0.4 is 30.7 Å². The first-order valence-electron chi connectivity index (χ1n) is 21.8. The van der Waals surface area contributed by atoms with Gasteiger partial charge >= 0.3 is 0 Å². The highest BCUT2D eigenvalue weighted by Gasteiger charge is 2.42. The number of aliphatic hydroxyl groups excluding tert-OH is 1. The molecule has 6 heterocycles. The van der Waals surface area contributed by atoms with Crippen molar-refractivity contribution in [3.05, 3.63) is 75.2 Å². The highest BCUT2D eigenvalue weighted by atomic mass is 35.5. The molecule has 3 N–H and O–H groups in total. The summed E-state index contributed by atoms with van der Waals surface area (Å²) in [7, 11) is 0. The van der Waals surface area contributed by atoms with Crippen LogP contribution in [0.1, 0.15) is 87.7 Å². The molecule has 1 saturated carbocycles. The Bertz CT molecular complexity index is 2430. The van der Waals surface area contributed by atoms with Gasteiger partial charge in [0.1, 0.15) is 17.9 Å². The van der Waals surface area contributed by atoms with Gasteiger partial charge in [0, 0.05) is 62.3 Å². The largest absolute Gasteiger partial charge is 0.480 e. The molecule has 9 rings (SSSR count). The average molecular weight is 868 g/mol. The summed E-state index contributed by atoms with van der Waals surface area (Å²) in [6.45, 7) is 9.66. The SMILES string of the molecule is CC(=O)COc1cc2cc(Nc3nc(N4CCC(OC5CC(N6CCCN(c7cccc8c7C(=O)N(C7CCC(=O)NC7O)C8)C6)C5)CC4)ncc3Cl)ccc2n(C(C)C)c1=O. The monoisotopic (exact) mass is 867 g/mol. The van der Waals surface area contributed by atoms with Gasteiger partial charge in [-0.2, -0.15) is 4.98 Å². The van der Waals surface area contributed by atoms with Crippen molar-refractivity contribution in [2.24, 2.45) is 0 Å². The van der Waals surface area contributed by atoms with Crippen LogP contribution in [0.5, 0.6) is 5.75 Å². The summed E-state index contributed by atoms with van der Waals surface area (Å²) in [5, 5.41) is 17.6. The third-order valence-electron chi connectivity index (χ3n) is 12.9. The highest BCUT2D eigenvalue weighted by Crippen LogP contribution is 2.38. The smallest absolute Gasteiger partial charge is 0.293 e. The first kappa shape index (κ1) is 42.0. The number of aromatic nitrogens is 3. The van der Waals surface area contributed by atoms with Gasteiger partial charge < -0.3 is 44.5 Å². The standard InChI is InChI=1S/C45H54ClN9O7/c1-26(2)55-35-9-8-30(18-29(35)19-38(43(55)59)61-24-27(3)56)48-41-34(46)22-47-45(50-41)51-16-12-32(13-17-51)62-33-20-31(21-33)52-14-5-15-53(25-52)36-7-4-6-28-23-54(44(60)40(28)36)37-10-11-39(57)49-42(37)58/h4,6-9,18-19,22,26,31-33,37,42,58H,5,10-17,20-21,23-25H2,1-3H3,(H,49,57)(H,47,48,50). The number of halogens is 1. The van der Waals surface area contributed by atoms with E-state index in [1.165, 1.54) is 6.92 Å². The first-order valence-corrected chi connectivity index (χ1v) is 22.2. The molecule has 1 aliphatic carbocycles. The molecule has 4 aromatic rings. The van der Waals surface area contributed by atoms with Crippen molar-refractivity contribution < 1.29 is 29.0 Å². The zero-order valence-corrected chi connectivity index (χ0v) is 36.1. The number of anilines is 4. The van der Waals surface area contributed by atoms with E-state index < -0.39 is 12.3 Å². The Kier molecular flexibility index (Phi) is 11.8. The van der Waals surface area contributed by atoms with Crippen molar-refractivity contribution >= 4 is 63.2 Å². The van der Waals surface area contributed by atoms with Gasteiger partial charge in [-0.1, -0.05) is 23.7 Å². The van der Waals surface area contributed by atoms with E-state index in [2.05, 4.69) is 30.3 Å². The maximum absolute atomic E-state index is 13.8. The molecule has 0 bridgehead atoms. The number of rotatable bonds is 12. The third-order valence-corrected chi connectivity index (χ3v) is 13.2. The number of nitrogens with one attached hydrogen (secondary N) is 2.